The summed E-state index contributed by atoms with van der Waals surface area (Å²) in [5.74, 6) is 0.889. The largest absolute Gasteiger partial charge is 0.507 e. The first kappa shape index (κ1) is 31.0. The molecule has 8 rings (SSSR count). The first-order valence-corrected chi connectivity index (χ1v) is 16.8. The molecule has 0 bridgehead atoms. The SMILES string of the molecule is CC(C)(C)c1cccc(-c2nc3c(-c4cc(-c5ccccc5)cc(-c5cc(-c6ccccc6)ccn5)c4)nccc3n2-c2ccccc2)c1O. The summed E-state index contributed by atoms with van der Waals surface area (Å²) in [7, 11) is 0. The van der Waals surface area contributed by atoms with Crippen molar-refractivity contribution < 1.29 is 5.11 Å². The van der Waals surface area contributed by atoms with Gasteiger partial charge in [-0.3, -0.25) is 14.5 Å². The summed E-state index contributed by atoms with van der Waals surface area (Å²) in [6, 6.07) is 49.6. The minimum absolute atomic E-state index is 0.236. The summed E-state index contributed by atoms with van der Waals surface area (Å²) in [5.41, 5.74) is 11.8. The van der Waals surface area contributed by atoms with Crippen LogP contribution in [-0.2, 0) is 5.41 Å². The van der Waals surface area contributed by atoms with Crippen LogP contribution in [0.25, 0.3) is 72.9 Å². The van der Waals surface area contributed by atoms with Gasteiger partial charge >= 0.3 is 0 Å². The number of hydrogen-bond acceptors (Lipinski definition) is 4. The van der Waals surface area contributed by atoms with E-state index in [0.29, 0.717) is 11.4 Å². The predicted octanol–water partition coefficient (Wildman–Crippen LogP) is 11.2. The molecule has 0 spiro atoms. The van der Waals surface area contributed by atoms with Gasteiger partial charge in [-0.15, -0.1) is 0 Å². The molecule has 8 aromatic rings. The second kappa shape index (κ2) is 12.6. The average molecular weight is 649 g/mol. The third-order valence-corrected chi connectivity index (χ3v) is 9.15. The van der Waals surface area contributed by atoms with E-state index in [9.17, 15) is 5.11 Å². The normalized spacial score (nSPS) is 11.6. The topological polar surface area (TPSA) is 63.8 Å². The van der Waals surface area contributed by atoms with Crippen molar-refractivity contribution in [1.82, 2.24) is 19.5 Å². The number of phenolic OH excluding ortho intramolecular Hbond substituents is 1. The van der Waals surface area contributed by atoms with Crippen molar-refractivity contribution in [3.05, 3.63) is 164 Å². The van der Waals surface area contributed by atoms with E-state index < -0.39 is 0 Å². The highest BCUT2D eigenvalue weighted by molar-refractivity contribution is 5.95. The molecule has 0 amide bonds. The highest BCUT2D eigenvalue weighted by Gasteiger charge is 2.25. The lowest BCUT2D eigenvalue weighted by molar-refractivity contribution is 0.448. The van der Waals surface area contributed by atoms with Gasteiger partial charge in [0.15, 0.2) is 0 Å². The molecule has 3 heterocycles. The van der Waals surface area contributed by atoms with E-state index in [2.05, 4.69) is 110 Å². The zero-order valence-corrected chi connectivity index (χ0v) is 28.2. The van der Waals surface area contributed by atoms with Crippen molar-refractivity contribution in [1.29, 1.82) is 0 Å². The molecule has 1 N–H and O–H groups in total. The summed E-state index contributed by atoms with van der Waals surface area (Å²) >= 11 is 0. The Morgan fingerprint density at radius 3 is 1.86 bits per heavy atom. The van der Waals surface area contributed by atoms with Gasteiger partial charge in [-0.05, 0) is 87.8 Å². The minimum atomic E-state index is -0.253. The third kappa shape index (κ3) is 5.73. The van der Waals surface area contributed by atoms with Crippen molar-refractivity contribution in [3.63, 3.8) is 0 Å². The number of fused-ring (bicyclic) bond motifs is 1. The monoisotopic (exact) mass is 648 g/mol. The Balaban J connectivity index is 1.38. The number of rotatable bonds is 6. The van der Waals surface area contributed by atoms with E-state index >= 15 is 0 Å². The number of imidazole rings is 1. The van der Waals surface area contributed by atoms with Crippen LogP contribution in [0.15, 0.2) is 158 Å². The van der Waals surface area contributed by atoms with E-state index in [0.717, 1.165) is 67.1 Å². The van der Waals surface area contributed by atoms with Crippen molar-refractivity contribution in [3.8, 4) is 67.6 Å². The van der Waals surface area contributed by atoms with Gasteiger partial charge in [0.25, 0.3) is 0 Å². The Kier molecular flexibility index (Phi) is 7.81. The van der Waals surface area contributed by atoms with Crippen LogP contribution < -0.4 is 0 Å². The first-order chi connectivity index (χ1) is 24.3. The van der Waals surface area contributed by atoms with Gasteiger partial charge in [0, 0.05) is 29.2 Å². The van der Waals surface area contributed by atoms with Crippen LogP contribution >= 0.6 is 0 Å². The van der Waals surface area contributed by atoms with Crippen molar-refractivity contribution in [2.45, 2.75) is 26.2 Å². The maximum absolute atomic E-state index is 11.7. The Bertz CT molecular complexity index is 2460. The molecule has 0 unspecified atom stereocenters. The number of aromatic hydroxyl groups is 1. The Morgan fingerprint density at radius 2 is 1.16 bits per heavy atom. The predicted molar refractivity (Wildman–Crippen MR) is 204 cm³/mol. The van der Waals surface area contributed by atoms with E-state index in [4.69, 9.17) is 15.0 Å². The molecule has 0 aliphatic carbocycles. The Morgan fingerprint density at radius 1 is 0.540 bits per heavy atom. The van der Waals surface area contributed by atoms with Gasteiger partial charge in [-0.2, -0.15) is 0 Å². The third-order valence-electron chi connectivity index (χ3n) is 9.15. The molecule has 0 saturated heterocycles. The van der Waals surface area contributed by atoms with Crippen LogP contribution in [0.1, 0.15) is 26.3 Å². The highest BCUT2D eigenvalue weighted by Crippen LogP contribution is 2.42. The second-order valence-corrected chi connectivity index (χ2v) is 13.5. The van der Waals surface area contributed by atoms with Crippen molar-refractivity contribution >= 4 is 11.0 Å². The van der Waals surface area contributed by atoms with E-state index in [1.807, 2.05) is 73.1 Å². The van der Waals surface area contributed by atoms with Crippen LogP contribution in [0.3, 0.4) is 0 Å². The van der Waals surface area contributed by atoms with E-state index in [1.165, 1.54) is 0 Å². The van der Waals surface area contributed by atoms with Gasteiger partial charge in [0.2, 0.25) is 0 Å². The van der Waals surface area contributed by atoms with E-state index in [1.54, 1.807) is 0 Å². The Hall–Kier alpha value is -6.33. The van der Waals surface area contributed by atoms with Crippen molar-refractivity contribution in [2.75, 3.05) is 0 Å². The van der Waals surface area contributed by atoms with Gasteiger partial charge < -0.3 is 5.11 Å². The Labute approximate surface area is 292 Å². The zero-order valence-electron chi connectivity index (χ0n) is 28.2. The van der Waals surface area contributed by atoms with Crippen molar-refractivity contribution in [2.24, 2.45) is 0 Å². The van der Waals surface area contributed by atoms with Gasteiger partial charge in [0.05, 0.1) is 22.5 Å². The fraction of sp³-hybridized carbons (Fsp3) is 0.0889. The number of benzene rings is 5. The molecule has 5 aromatic carbocycles. The van der Waals surface area contributed by atoms with Crippen LogP contribution in [0.5, 0.6) is 5.75 Å². The molecular formula is C45H36N4O. The number of nitrogens with zero attached hydrogens (tertiary/aromatic N) is 4. The molecule has 0 saturated carbocycles. The summed E-state index contributed by atoms with van der Waals surface area (Å²) < 4.78 is 2.12. The molecule has 0 fully saturated rings. The molecule has 0 aliphatic rings. The maximum atomic E-state index is 11.7. The summed E-state index contributed by atoms with van der Waals surface area (Å²) in [5, 5.41) is 11.7. The summed E-state index contributed by atoms with van der Waals surface area (Å²) in [4.78, 5) is 15.1. The molecule has 242 valence electrons. The minimum Gasteiger partial charge on any atom is -0.507 e. The number of aromatic nitrogens is 4. The molecule has 3 aromatic heterocycles. The number of para-hydroxylation sites is 2. The average Bonchev–Trinajstić information content (AvgIpc) is 3.55. The smallest absolute Gasteiger partial charge is 0.149 e. The van der Waals surface area contributed by atoms with Crippen LogP contribution in [0.2, 0.25) is 0 Å². The van der Waals surface area contributed by atoms with Gasteiger partial charge in [0.1, 0.15) is 17.1 Å². The molecule has 0 radical (unpaired) electrons. The molecule has 5 heteroatoms. The van der Waals surface area contributed by atoms with Crippen LogP contribution in [-0.4, -0.2) is 24.6 Å². The maximum Gasteiger partial charge on any atom is 0.149 e. The summed E-state index contributed by atoms with van der Waals surface area (Å²) in [6.45, 7) is 6.32. The zero-order chi connectivity index (χ0) is 34.2. The van der Waals surface area contributed by atoms with Gasteiger partial charge in [-0.25, -0.2) is 4.98 Å². The second-order valence-electron chi connectivity index (χ2n) is 13.5. The molecular weight excluding hydrogens is 613 g/mol. The van der Waals surface area contributed by atoms with Crippen LogP contribution in [0, 0.1) is 0 Å². The molecule has 0 aliphatic heterocycles. The first-order valence-electron chi connectivity index (χ1n) is 16.8. The number of hydrogen-bond donors (Lipinski definition) is 1. The fourth-order valence-electron chi connectivity index (χ4n) is 6.67. The molecule has 5 nitrogen and oxygen atoms in total. The highest BCUT2D eigenvalue weighted by atomic mass is 16.3. The van der Waals surface area contributed by atoms with Gasteiger partial charge in [-0.1, -0.05) is 112 Å². The standard InChI is InChI=1S/C45H36N4O/c1-45(2,3)38-21-13-20-37(43(38)50)44-48-42-40(49(44)36-18-11-6-12-19-36)23-25-47-41(42)35-27-33(31-16-9-5-10-17-31)26-34(28-35)39-29-32(22-24-46-39)30-14-7-4-8-15-30/h4-29,50H,1-3H3. The molecule has 50 heavy (non-hydrogen) atoms. The van der Waals surface area contributed by atoms with Crippen LogP contribution in [0.4, 0.5) is 0 Å². The molecule has 0 atom stereocenters. The fourth-order valence-corrected chi connectivity index (χ4v) is 6.67. The number of pyridine rings is 2. The van der Waals surface area contributed by atoms with E-state index in [-0.39, 0.29) is 11.2 Å². The lowest BCUT2D eigenvalue weighted by Gasteiger charge is -2.22. The number of phenols is 1. The quantitative estimate of drug-likeness (QED) is 0.195. The lowest BCUT2D eigenvalue weighted by atomic mass is 9.85. The summed E-state index contributed by atoms with van der Waals surface area (Å²) in [6.07, 6.45) is 3.72. The lowest BCUT2D eigenvalue weighted by Crippen LogP contribution is -2.11.